The first-order chi connectivity index (χ1) is 13.6. The van der Waals surface area contributed by atoms with E-state index < -0.39 is 42.5 Å². The van der Waals surface area contributed by atoms with Gasteiger partial charge in [-0.25, -0.2) is 4.79 Å². The molecule has 0 saturated heterocycles. The Hall–Kier alpha value is -3.13. The number of carboxylic acids is 1. The summed E-state index contributed by atoms with van der Waals surface area (Å²) in [7, 11) is 0. The maximum absolute atomic E-state index is 12.4. The van der Waals surface area contributed by atoms with Gasteiger partial charge in [0, 0.05) is 13.1 Å². The second kappa shape index (κ2) is 14.0. The minimum absolute atomic E-state index is 0.0719. The number of nitrogens with two attached hydrogens (primary N) is 5. The van der Waals surface area contributed by atoms with Gasteiger partial charge in [-0.2, -0.15) is 0 Å². The molecule has 14 nitrogen and oxygen atoms in total. The molecular weight excluding hydrogens is 386 g/mol. The maximum Gasteiger partial charge on any atom is 0.328 e. The highest BCUT2D eigenvalue weighted by molar-refractivity contribution is 5.91. The van der Waals surface area contributed by atoms with E-state index in [0.717, 1.165) is 0 Å². The molecule has 166 valence electrons. The number of hydrogen-bond acceptors (Lipinski definition) is 7. The number of guanidine groups is 2. The van der Waals surface area contributed by atoms with Gasteiger partial charge < -0.3 is 49.5 Å². The van der Waals surface area contributed by atoms with E-state index in [4.69, 9.17) is 38.9 Å². The largest absolute Gasteiger partial charge is 0.480 e. The van der Waals surface area contributed by atoms with Gasteiger partial charge in [0.15, 0.2) is 11.9 Å². The molecule has 0 aliphatic carbocycles. The molecule has 0 bridgehead atoms. The molecule has 14 heteroatoms. The lowest BCUT2D eigenvalue weighted by molar-refractivity contribution is -0.143. The Labute approximate surface area is 168 Å². The van der Waals surface area contributed by atoms with E-state index in [9.17, 15) is 14.4 Å². The van der Waals surface area contributed by atoms with Crippen LogP contribution in [-0.2, 0) is 14.4 Å². The smallest absolute Gasteiger partial charge is 0.328 e. The first-order valence-corrected chi connectivity index (χ1v) is 8.89. The molecule has 0 aromatic rings. The number of aliphatic imine (C=N–C) groups is 2. The van der Waals surface area contributed by atoms with Gasteiger partial charge in [-0.15, -0.1) is 0 Å². The minimum Gasteiger partial charge on any atom is -0.480 e. The lowest BCUT2D eigenvalue weighted by Gasteiger charge is -2.22. The third-order valence-electron chi connectivity index (χ3n) is 3.68. The molecule has 0 saturated carbocycles. The Kier molecular flexibility index (Phi) is 12.4. The molecule has 3 atom stereocenters. The SMILES string of the molecule is NC(N)=NCCC[C@H](NC(=O)[C@@H](N)CCCN=C(N)N)C(=O)N[C@@H](CO)C(=O)O. The summed E-state index contributed by atoms with van der Waals surface area (Å²) in [6.45, 7) is -0.308. The molecule has 0 aliphatic heterocycles. The predicted octanol–water partition coefficient (Wildman–Crippen LogP) is -4.53. The lowest BCUT2D eigenvalue weighted by atomic mass is 10.1. The molecule has 0 fully saturated rings. The van der Waals surface area contributed by atoms with Crippen molar-refractivity contribution in [3.63, 3.8) is 0 Å². The van der Waals surface area contributed by atoms with Gasteiger partial charge in [0.1, 0.15) is 12.1 Å². The summed E-state index contributed by atoms with van der Waals surface area (Å²) >= 11 is 0. The van der Waals surface area contributed by atoms with Crippen LogP contribution < -0.4 is 39.3 Å². The van der Waals surface area contributed by atoms with Crippen LogP contribution in [0.4, 0.5) is 0 Å². The number of carbonyl (C=O) groups excluding carboxylic acids is 2. The highest BCUT2D eigenvalue weighted by atomic mass is 16.4. The maximum atomic E-state index is 12.4. The zero-order valence-corrected chi connectivity index (χ0v) is 16.1. The van der Waals surface area contributed by atoms with Crippen molar-refractivity contribution in [2.75, 3.05) is 19.7 Å². The lowest BCUT2D eigenvalue weighted by Crippen LogP contribution is -2.55. The van der Waals surface area contributed by atoms with Gasteiger partial charge in [-0.1, -0.05) is 0 Å². The van der Waals surface area contributed by atoms with Gasteiger partial charge in [0.05, 0.1) is 12.6 Å². The Balaban J connectivity index is 4.91. The molecule has 14 N–H and O–H groups in total. The van der Waals surface area contributed by atoms with Crippen molar-refractivity contribution in [3.8, 4) is 0 Å². The molecule has 0 aliphatic rings. The van der Waals surface area contributed by atoms with E-state index in [1.807, 2.05) is 0 Å². The number of carboxylic acid groups (broad SMARTS) is 1. The van der Waals surface area contributed by atoms with Crippen molar-refractivity contribution in [2.45, 2.75) is 43.8 Å². The standard InChI is InChI=1S/C15H31N9O5/c16-8(3-1-5-21-14(17)18)11(26)23-9(4-2-6-22-15(19)20)12(27)24-10(7-25)13(28)29/h8-10,25H,1-7,16H2,(H,23,26)(H,24,27)(H,28,29)(H4,17,18,21)(H4,19,20,22)/t8-,9-,10-/m0/s1. The average Bonchev–Trinajstić information content (AvgIpc) is 2.64. The van der Waals surface area contributed by atoms with E-state index in [0.29, 0.717) is 19.4 Å². The van der Waals surface area contributed by atoms with E-state index in [1.54, 1.807) is 0 Å². The van der Waals surface area contributed by atoms with Crippen LogP contribution in [-0.4, -0.2) is 77.7 Å². The molecule has 0 heterocycles. The molecule has 0 aromatic heterocycles. The second-order valence-corrected chi connectivity index (χ2v) is 6.15. The Morgan fingerprint density at radius 2 is 1.31 bits per heavy atom. The van der Waals surface area contributed by atoms with Crippen molar-refractivity contribution in [2.24, 2.45) is 38.7 Å². The normalized spacial score (nSPS) is 13.4. The van der Waals surface area contributed by atoms with Crippen LogP contribution in [0.25, 0.3) is 0 Å². The van der Waals surface area contributed by atoms with E-state index in [-0.39, 0.29) is 31.3 Å². The van der Waals surface area contributed by atoms with Crippen molar-refractivity contribution in [1.29, 1.82) is 0 Å². The van der Waals surface area contributed by atoms with Crippen molar-refractivity contribution in [3.05, 3.63) is 0 Å². The number of amides is 2. The Bertz CT molecular complexity index is 603. The number of aliphatic carboxylic acids is 1. The summed E-state index contributed by atoms with van der Waals surface area (Å²) in [6, 6.07) is -3.52. The van der Waals surface area contributed by atoms with Crippen LogP contribution in [0.3, 0.4) is 0 Å². The first-order valence-electron chi connectivity index (χ1n) is 8.89. The summed E-state index contributed by atoms with van der Waals surface area (Å²) in [5.74, 6) is -2.99. The van der Waals surface area contributed by atoms with E-state index in [2.05, 4.69) is 20.6 Å². The second-order valence-electron chi connectivity index (χ2n) is 6.15. The summed E-state index contributed by atoms with van der Waals surface area (Å²) in [5, 5.41) is 22.6. The Morgan fingerprint density at radius 3 is 1.76 bits per heavy atom. The van der Waals surface area contributed by atoms with Gasteiger partial charge in [0.2, 0.25) is 11.8 Å². The van der Waals surface area contributed by atoms with Crippen LogP contribution in [0.15, 0.2) is 9.98 Å². The topological polar surface area (TPSA) is 271 Å². The average molecular weight is 417 g/mol. The molecule has 0 radical (unpaired) electrons. The molecule has 0 rings (SSSR count). The molecule has 0 aromatic carbocycles. The van der Waals surface area contributed by atoms with Gasteiger partial charge in [-0.3, -0.25) is 19.6 Å². The number of rotatable bonds is 14. The monoisotopic (exact) mass is 417 g/mol. The molecule has 2 amide bonds. The summed E-state index contributed by atoms with van der Waals surface area (Å²) in [6.07, 6.45) is 1.15. The van der Waals surface area contributed by atoms with Crippen molar-refractivity contribution >= 4 is 29.7 Å². The quantitative estimate of drug-likeness (QED) is 0.0741. The summed E-state index contributed by atoms with van der Waals surface area (Å²) < 4.78 is 0. The molecule has 0 unspecified atom stereocenters. The number of nitrogens with one attached hydrogen (secondary N) is 2. The third-order valence-corrected chi connectivity index (χ3v) is 3.68. The van der Waals surface area contributed by atoms with Crippen LogP contribution in [0.1, 0.15) is 25.7 Å². The minimum atomic E-state index is -1.51. The van der Waals surface area contributed by atoms with Gasteiger partial charge in [0.25, 0.3) is 0 Å². The number of carbonyl (C=O) groups is 3. The van der Waals surface area contributed by atoms with Crippen LogP contribution in [0, 0.1) is 0 Å². The zero-order chi connectivity index (χ0) is 22.4. The fourth-order valence-electron chi connectivity index (χ4n) is 2.16. The zero-order valence-electron chi connectivity index (χ0n) is 16.1. The highest BCUT2D eigenvalue weighted by Gasteiger charge is 2.27. The summed E-state index contributed by atoms with van der Waals surface area (Å²) in [4.78, 5) is 43.2. The van der Waals surface area contributed by atoms with Crippen molar-refractivity contribution in [1.82, 2.24) is 10.6 Å². The molecule has 0 spiro atoms. The number of aliphatic hydroxyl groups excluding tert-OH is 1. The van der Waals surface area contributed by atoms with Gasteiger partial charge in [-0.05, 0) is 25.7 Å². The molecular formula is C15H31N9O5. The van der Waals surface area contributed by atoms with Crippen LogP contribution in [0.2, 0.25) is 0 Å². The Morgan fingerprint density at radius 1 is 0.828 bits per heavy atom. The predicted molar refractivity (Wildman–Crippen MR) is 106 cm³/mol. The van der Waals surface area contributed by atoms with E-state index in [1.165, 1.54) is 0 Å². The van der Waals surface area contributed by atoms with Crippen LogP contribution >= 0.6 is 0 Å². The number of nitrogens with zero attached hydrogens (tertiary/aromatic N) is 2. The number of aliphatic hydroxyl groups is 1. The van der Waals surface area contributed by atoms with Crippen LogP contribution in [0.5, 0.6) is 0 Å². The highest BCUT2D eigenvalue weighted by Crippen LogP contribution is 2.02. The third kappa shape index (κ3) is 12.0. The van der Waals surface area contributed by atoms with E-state index >= 15 is 0 Å². The summed E-state index contributed by atoms with van der Waals surface area (Å²) in [5.41, 5.74) is 26.7. The molecule has 29 heavy (non-hydrogen) atoms. The first kappa shape index (κ1) is 25.9. The fourth-order valence-corrected chi connectivity index (χ4v) is 2.16. The van der Waals surface area contributed by atoms with Gasteiger partial charge >= 0.3 is 5.97 Å². The van der Waals surface area contributed by atoms with Crippen molar-refractivity contribution < 1.29 is 24.6 Å². The number of hydrogen-bond donors (Lipinski definition) is 9. The fraction of sp³-hybridized carbons (Fsp3) is 0.667.